The predicted octanol–water partition coefficient (Wildman–Crippen LogP) is 2.64. The van der Waals surface area contributed by atoms with Gasteiger partial charge in [0.05, 0.1) is 29.7 Å². The van der Waals surface area contributed by atoms with Gasteiger partial charge >= 0.3 is 5.97 Å². The zero-order chi connectivity index (χ0) is 15.1. The Morgan fingerprint density at radius 1 is 1.35 bits per heavy atom. The SMILES string of the molecule is COc1ccc(Cl)c(NC(=O)C2C(C(=O)O)C2(C)C)c1. The summed E-state index contributed by atoms with van der Waals surface area (Å²) in [6.45, 7) is 3.53. The number of halogens is 1. The summed E-state index contributed by atoms with van der Waals surface area (Å²) in [6, 6.07) is 4.90. The monoisotopic (exact) mass is 297 g/mol. The molecule has 6 heteroatoms. The molecular formula is C14H16ClNO4. The molecule has 5 nitrogen and oxygen atoms in total. The van der Waals surface area contributed by atoms with Crippen LogP contribution in [0.2, 0.25) is 5.02 Å². The molecule has 0 aliphatic heterocycles. The number of methoxy groups -OCH3 is 1. The third-order valence-corrected chi connectivity index (χ3v) is 4.14. The molecule has 0 radical (unpaired) electrons. The Kier molecular flexibility index (Phi) is 3.65. The maximum Gasteiger partial charge on any atom is 0.307 e. The van der Waals surface area contributed by atoms with Crippen molar-refractivity contribution in [2.45, 2.75) is 13.8 Å². The van der Waals surface area contributed by atoms with E-state index in [4.69, 9.17) is 21.4 Å². The summed E-state index contributed by atoms with van der Waals surface area (Å²) in [5, 5.41) is 12.1. The summed E-state index contributed by atoms with van der Waals surface area (Å²) >= 11 is 6.01. The lowest BCUT2D eigenvalue weighted by Gasteiger charge is -2.09. The molecule has 1 aromatic carbocycles. The molecule has 1 amide bonds. The van der Waals surface area contributed by atoms with Crippen molar-refractivity contribution in [3.8, 4) is 5.75 Å². The maximum absolute atomic E-state index is 12.2. The Labute approximate surface area is 121 Å². The van der Waals surface area contributed by atoms with Crippen molar-refractivity contribution >= 4 is 29.2 Å². The number of rotatable bonds is 4. The van der Waals surface area contributed by atoms with E-state index in [1.54, 1.807) is 32.0 Å². The van der Waals surface area contributed by atoms with Crippen LogP contribution in [-0.4, -0.2) is 24.1 Å². The van der Waals surface area contributed by atoms with E-state index < -0.39 is 23.2 Å². The van der Waals surface area contributed by atoms with Crippen LogP contribution in [0.5, 0.6) is 5.75 Å². The molecule has 1 saturated carbocycles. The van der Waals surface area contributed by atoms with Gasteiger partial charge in [0, 0.05) is 6.07 Å². The number of benzene rings is 1. The molecule has 1 aliphatic carbocycles. The maximum atomic E-state index is 12.2. The van der Waals surface area contributed by atoms with Crippen molar-refractivity contribution < 1.29 is 19.4 Å². The van der Waals surface area contributed by atoms with Crippen LogP contribution in [0.4, 0.5) is 5.69 Å². The van der Waals surface area contributed by atoms with Gasteiger partial charge in [-0.15, -0.1) is 0 Å². The highest BCUT2D eigenvalue weighted by Gasteiger charge is 2.65. The number of hydrogen-bond acceptors (Lipinski definition) is 3. The summed E-state index contributed by atoms with van der Waals surface area (Å²) in [4.78, 5) is 23.3. The van der Waals surface area contributed by atoms with E-state index >= 15 is 0 Å². The van der Waals surface area contributed by atoms with Crippen molar-refractivity contribution in [2.24, 2.45) is 17.3 Å². The van der Waals surface area contributed by atoms with Gasteiger partial charge in [-0.25, -0.2) is 0 Å². The number of aliphatic carboxylic acids is 1. The third kappa shape index (κ3) is 2.45. The van der Waals surface area contributed by atoms with E-state index in [1.165, 1.54) is 7.11 Å². The van der Waals surface area contributed by atoms with Crippen LogP contribution in [-0.2, 0) is 9.59 Å². The van der Waals surface area contributed by atoms with Crippen LogP contribution in [0.15, 0.2) is 18.2 Å². The van der Waals surface area contributed by atoms with Crippen molar-refractivity contribution in [2.75, 3.05) is 12.4 Å². The van der Waals surface area contributed by atoms with Gasteiger partial charge < -0.3 is 15.2 Å². The quantitative estimate of drug-likeness (QED) is 0.896. The number of carboxylic acid groups (broad SMARTS) is 1. The van der Waals surface area contributed by atoms with Gasteiger partial charge in [-0.05, 0) is 17.5 Å². The molecule has 1 fully saturated rings. The molecule has 2 N–H and O–H groups in total. The first-order valence-electron chi connectivity index (χ1n) is 6.16. The molecule has 2 rings (SSSR count). The Balaban J connectivity index is 2.15. The van der Waals surface area contributed by atoms with Gasteiger partial charge in [0.15, 0.2) is 0 Å². The minimum Gasteiger partial charge on any atom is -0.497 e. The van der Waals surface area contributed by atoms with Gasteiger partial charge in [-0.3, -0.25) is 9.59 Å². The highest BCUT2D eigenvalue weighted by atomic mass is 35.5. The topological polar surface area (TPSA) is 75.6 Å². The number of ether oxygens (including phenoxy) is 1. The van der Waals surface area contributed by atoms with E-state index in [1.807, 2.05) is 0 Å². The molecule has 0 saturated heterocycles. The molecule has 0 heterocycles. The predicted molar refractivity (Wildman–Crippen MR) is 75.0 cm³/mol. The fraction of sp³-hybridized carbons (Fsp3) is 0.429. The number of carboxylic acids is 1. The highest BCUT2D eigenvalue weighted by Crippen LogP contribution is 2.58. The van der Waals surface area contributed by atoms with Crippen molar-refractivity contribution in [3.05, 3.63) is 23.2 Å². The molecule has 1 aliphatic rings. The molecular weight excluding hydrogens is 282 g/mol. The van der Waals surface area contributed by atoms with Gasteiger partial charge in [-0.1, -0.05) is 25.4 Å². The van der Waals surface area contributed by atoms with Crippen LogP contribution < -0.4 is 10.1 Å². The number of anilines is 1. The first-order valence-corrected chi connectivity index (χ1v) is 6.54. The normalized spacial score (nSPS) is 23.0. The molecule has 0 spiro atoms. The number of carbonyl (C=O) groups excluding carboxylic acids is 1. The summed E-state index contributed by atoms with van der Waals surface area (Å²) in [6.07, 6.45) is 0. The van der Waals surface area contributed by atoms with E-state index in [2.05, 4.69) is 5.32 Å². The molecule has 0 aromatic heterocycles. The average molecular weight is 298 g/mol. The van der Waals surface area contributed by atoms with Gasteiger partial charge in [-0.2, -0.15) is 0 Å². The van der Waals surface area contributed by atoms with Crippen molar-refractivity contribution in [1.29, 1.82) is 0 Å². The zero-order valence-electron chi connectivity index (χ0n) is 11.4. The number of nitrogens with one attached hydrogen (secondary N) is 1. The first kappa shape index (κ1) is 14.7. The van der Waals surface area contributed by atoms with Crippen molar-refractivity contribution in [3.63, 3.8) is 0 Å². The Hall–Kier alpha value is -1.75. The Morgan fingerprint density at radius 3 is 2.50 bits per heavy atom. The second-order valence-electron chi connectivity index (χ2n) is 5.45. The van der Waals surface area contributed by atoms with Crippen LogP contribution in [0, 0.1) is 17.3 Å². The lowest BCUT2D eigenvalue weighted by molar-refractivity contribution is -0.140. The fourth-order valence-corrected chi connectivity index (χ4v) is 2.69. The highest BCUT2D eigenvalue weighted by molar-refractivity contribution is 6.33. The summed E-state index contributed by atoms with van der Waals surface area (Å²) < 4.78 is 5.06. The van der Waals surface area contributed by atoms with Crippen LogP contribution in [0.25, 0.3) is 0 Å². The van der Waals surface area contributed by atoms with E-state index in [-0.39, 0.29) is 5.91 Å². The smallest absolute Gasteiger partial charge is 0.307 e. The van der Waals surface area contributed by atoms with Crippen LogP contribution in [0.1, 0.15) is 13.8 Å². The summed E-state index contributed by atoms with van der Waals surface area (Å²) in [5.74, 6) is -1.94. The Bertz CT molecular complexity index is 570. The van der Waals surface area contributed by atoms with Crippen LogP contribution >= 0.6 is 11.6 Å². The minimum absolute atomic E-state index is 0.336. The van der Waals surface area contributed by atoms with E-state index in [0.717, 1.165) is 0 Å². The standard InChI is InChI=1S/C14H16ClNO4/c1-14(2)10(11(14)13(18)19)12(17)16-9-6-7(20-3)4-5-8(9)15/h4-6,10-11H,1-3H3,(H,16,17)(H,18,19). The second-order valence-corrected chi connectivity index (χ2v) is 5.86. The fourth-order valence-electron chi connectivity index (χ4n) is 2.53. The number of carbonyl (C=O) groups is 2. The summed E-state index contributed by atoms with van der Waals surface area (Å²) in [5.41, 5.74) is -0.121. The first-order chi connectivity index (χ1) is 9.28. The zero-order valence-corrected chi connectivity index (χ0v) is 12.2. The molecule has 108 valence electrons. The molecule has 1 aromatic rings. The largest absolute Gasteiger partial charge is 0.497 e. The van der Waals surface area contributed by atoms with Gasteiger partial charge in [0.25, 0.3) is 0 Å². The molecule has 2 unspecified atom stereocenters. The molecule has 2 atom stereocenters. The number of amides is 1. The van der Waals surface area contributed by atoms with E-state index in [0.29, 0.717) is 16.5 Å². The van der Waals surface area contributed by atoms with Gasteiger partial charge in [0.1, 0.15) is 5.75 Å². The Morgan fingerprint density at radius 2 is 2.00 bits per heavy atom. The van der Waals surface area contributed by atoms with Crippen LogP contribution in [0.3, 0.4) is 0 Å². The average Bonchev–Trinajstić information content (AvgIpc) is 2.95. The molecule has 0 bridgehead atoms. The minimum atomic E-state index is -0.952. The number of hydrogen-bond donors (Lipinski definition) is 2. The van der Waals surface area contributed by atoms with E-state index in [9.17, 15) is 9.59 Å². The molecule has 20 heavy (non-hydrogen) atoms. The second kappa shape index (κ2) is 4.98. The van der Waals surface area contributed by atoms with Gasteiger partial charge in [0.2, 0.25) is 5.91 Å². The summed E-state index contributed by atoms with van der Waals surface area (Å²) in [7, 11) is 1.51. The van der Waals surface area contributed by atoms with Crippen molar-refractivity contribution in [1.82, 2.24) is 0 Å². The lowest BCUT2D eigenvalue weighted by atomic mass is 10.1. The lowest BCUT2D eigenvalue weighted by Crippen LogP contribution is -2.18. The third-order valence-electron chi connectivity index (χ3n) is 3.81.